The second-order valence-electron chi connectivity index (χ2n) is 11.2. The Morgan fingerprint density at radius 2 is 2.02 bits per heavy atom. The molecule has 1 aromatic heterocycles. The first-order valence-corrected chi connectivity index (χ1v) is 14.6. The third-order valence-electron chi connectivity index (χ3n) is 7.96. The lowest BCUT2D eigenvalue weighted by atomic mass is 9.82. The van der Waals surface area contributed by atoms with Crippen LogP contribution in [0.1, 0.15) is 77.6 Å². The molecular weight excluding hydrogens is 542 g/mol. The number of carbonyl (C=O) groups excluding carboxylic acids is 2. The van der Waals surface area contributed by atoms with Crippen LogP contribution < -0.4 is 15.8 Å². The summed E-state index contributed by atoms with van der Waals surface area (Å²) in [7, 11) is 0. The van der Waals surface area contributed by atoms with Gasteiger partial charge in [0.25, 0.3) is 5.92 Å². The van der Waals surface area contributed by atoms with Gasteiger partial charge in [0.2, 0.25) is 11.8 Å². The molecule has 3 N–H and O–H groups in total. The number of Topliss-reactive ketones (excluding diaryl/α,β-unsaturated/α-hetero) is 1. The first kappa shape index (κ1) is 30.4. The van der Waals surface area contributed by atoms with Gasteiger partial charge in [0.1, 0.15) is 6.10 Å². The van der Waals surface area contributed by atoms with Crippen LogP contribution in [0.4, 0.5) is 8.78 Å². The van der Waals surface area contributed by atoms with Crippen molar-refractivity contribution < 1.29 is 27.8 Å². The number of aliphatic imine (C=N–C) groups is 1. The van der Waals surface area contributed by atoms with Crippen LogP contribution in [-0.4, -0.2) is 59.7 Å². The Labute approximate surface area is 239 Å². The third-order valence-corrected chi connectivity index (χ3v) is 8.19. The second kappa shape index (κ2) is 13.9. The van der Waals surface area contributed by atoms with Crippen LogP contribution in [0.25, 0.3) is 0 Å². The van der Waals surface area contributed by atoms with Gasteiger partial charge in [-0.25, -0.2) is 13.8 Å². The van der Waals surface area contributed by atoms with Crippen LogP contribution in [-0.2, 0) is 14.3 Å². The van der Waals surface area contributed by atoms with Crippen molar-refractivity contribution >= 4 is 29.0 Å². The Hall–Kier alpha value is -2.59. The molecule has 4 rings (SSSR count). The summed E-state index contributed by atoms with van der Waals surface area (Å²) < 4.78 is 40.6. The predicted molar refractivity (Wildman–Crippen MR) is 149 cm³/mol. The van der Waals surface area contributed by atoms with E-state index >= 15 is 0 Å². The zero-order chi connectivity index (χ0) is 28.7. The van der Waals surface area contributed by atoms with Gasteiger partial charge in [-0.3, -0.25) is 14.6 Å². The summed E-state index contributed by atoms with van der Waals surface area (Å²) in [6, 6.07) is 3.61. The molecule has 1 amide bonds. The van der Waals surface area contributed by atoms with Crippen LogP contribution in [0.5, 0.6) is 5.88 Å². The minimum atomic E-state index is -2.92. The molecule has 3 aliphatic rings. The van der Waals surface area contributed by atoms with Gasteiger partial charge in [0.05, 0.1) is 30.0 Å². The van der Waals surface area contributed by atoms with Gasteiger partial charge in [0, 0.05) is 68.6 Å². The summed E-state index contributed by atoms with van der Waals surface area (Å²) in [6.07, 6.45) is 6.06. The van der Waals surface area contributed by atoms with E-state index in [9.17, 15) is 18.4 Å². The van der Waals surface area contributed by atoms with Gasteiger partial charge in [-0.05, 0) is 50.5 Å². The Balaban J connectivity index is 1.34. The summed E-state index contributed by atoms with van der Waals surface area (Å²) in [5, 5.41) is 3.48. The van der Waals surface area contributed by atoms with E-state index < -0.39 is 12.3 Å². The molecule has 0 radical (unpaired) electrons. The van der Waals surface area contributed by atoms with E-state index in [2.05, 4.69) is 15.3 Å². The number of pyridine rings is 1. The van der Waals surface area contributed by atoms with Crippen LogP contribution in [0.15, 0.2) is 34.6 Å². The molecule has 11 heteroatoms. The van der Waals surface area contributed by atoms with Crippen LogP contribution in [0, 0.1) is 5.92 Å². The monoisotopic (exact) mass is 580 g/mol. The van der Waals surface area contributed by atoms with Gasteiger partial charge >= 0.3 is 0 Å². The number of ketones is 1. The maximum Gasteiger partial charge on any atom is 0.252 e. The number of nitrogens with one attached hydrogen (secondary N) is 1. The lowest BCUT2D eigenvalue weighted by Crippen LogP contribution is -2.36. The molecule has 2 saturated carbocycles. The highest BCUT2D eigenvalue weighted by Gasteiger charge is 2.38. The first-order chi connectivity index (χ1) is 19.1. The summed E-state index contributed by atoms with van der Waals surface area (Å²) >= 11 is 5.89. The van der Waals surface area contributed by atoms with Crippen molar-refractivity contribution in [2.45, 2.75) is 102 Å². The van der Waals surface area contributed by atoms with E-state index in [1.54, 1.807) is 12.1 Å². The van der Waals surface area contributed by atoms with Gasteiger partial charge in [-0.15, -0.1) is 0 Å². The van der Waals surface area contributed by atoms with Crippen LogP contribution in [0.2, 0.25) is 5.02 Å². The van der Waals surface area contributed by atoms with Crippen LogP contribution >= 0.6 is 11.6 Å². The molecule has 0 spiro atoms. The van der Waals surface area contributed by atoms with E-state index in [-0.39, 0.29) is 67.0 Å². The van der Waals surface area contributed by atoms with E-state index in [4.69, 9.17) is 26.8 Å². The van der Waals surface area contributed by atoms with Gasteiger partial charge < -0.3 is 20.5 Å². The molecule has 1 saturated heterocycles. The van der Waals surface area contributed by atoms with Crippen molar-refractivity contribution in [3.63, 3.8) is 0 Å². The molecule has 220 valence electrons. The summed E-state index contributed by atoms with van der Waals surface area (Å²) in [5.41, 5.74) is 6.77. The van der Waals surface area contributed by atoms with Crippen molar-refractivity contribution in [2.75, 3.05) is 13.2 Å². The number of halogens is 3. The Morgan fingerprint density at radius 3 is 2.73 bits per heavy atom. The van der Waals surface area contributed by atoms with Crippen LogP contribution in [0.3, 0.4) is 0 Å². The number of amides is 1. The average Bonchev–Trinajstić information content (AvgIpc) is 2.92. The fourth-order valence-corrected chi connectivity index (χ4v) is 5.85. The smallest absolute Gasteiger partial charge is 0.252 e. The second-order valence-corrected chi connectivity index (χ2v) is 11.6. The number of ether oxygens (including phenoxy) is 2. The number of allylic oxidation sites excluding steroid dienone is 2. The molecule has 0 unspecified atom stereocenters. The Morgan fingerprint density at radius 1 is 1.25 bits per heavy atom. The predicted octanol–water partition coefficient (Wildman–Crippen LogP) is 5.18. The zero-order valence-electron chi connectivity index (χ0n) is 23.0. The van der Waals surface area contributed by atoms with Crippen molar-refractivity contribution in [2.24, 2.45) is 16.6 Å². The average molecular weight is 581 g/mol. The summed E-state index contributed by atoms with van der Waals surface area (Å²) in [5.74, 6) is -2.42. The molecular formula is C29H39ClF2N4O4. The molecule has 1 aliphatic heterocycles. The number of rotatable bonds is 9. The summed E-state index contributed by atoms with van der Waals surface area (Å²) in [6.45, 7) is 2.28. The minimum absolute atomic E-state index is 0.0294. The lowest BCUT2D eigenvalue weighted by molar-refractivity contribution is -0.120. The topological polar surface area (TPSA) is 116 Å². The molecule has 2 atom stereocenters. The number of aromatic nitrogens is 1. The molecule has 2 heterocycles. The van der Waals surface area contributed by atoms with Crippen molar-refractivity contribution in [3.05, 3.63) is 34.6 Å². The van der Waals surface area contributed by atoms with Crippen molar-refractivity contribution in [3.8, 4) is 5.88 Å². The molecule has 40 heavy (non-hydrogen) atoms. The van der Waals surface area contributed by atoms with Crippen molar-refractivity contribution in [1.29, 1.82) is 0 Å². The van der Waals surface area contributed by atoms with E-state index in [0.717, 1.165) is 25.7 Å². The van der Waals surface area contributed by atoms with E-state index in [0.29, 0.717) is 48.4 Å². The number of nitrogens with two attached hydrogens (primary N) is 1. The zero-order valence-corrected chi connectivity index (χ0v) is 23.7. The summed E-state index contributed by atoms with van der Waals surface area (Å²) in [4.78, 5) is 33.1. The Bertz CT molecular complexity index is 1100. The highest BCUT2D eigenvalue weighted by atomic mass is 35.5. The highest BCUT2D eigenvalue weighted by Crippen LogP contribution is 2.37. The first-order valence-electron chi connectivity index (χ1n) is 14.2. The Kier molecular flexibility index (Phi) is 10.5. The molecule has 3 fully saturated rings. The van der Waals surface area contributed by atoms with E-state index in [1.807, 2.05) is 0 Å². The number of nitrogens with zero attached hydrogens (tertiary/aromatic N) is 2. The maximum atomic E-state index is 14.4. The van der Waals surface area contributed by atoms with Gasteiger partial charge in [0.15, 0.2) is 5.78 Å². The number of hydrogen-bond acceptors (Lipinski definition) is 7. The number of hydrogen-bond donors (Lipinski definition) is 2. The highest BCUT2D eigenvalue weighted by molar-refractivity contribution is 6.30. The quantitative estimate of drug-likeness (QED) is 0.389. The number of carbonyl (C=O) groups is 2. The molecule has 0 aromatic carbocycles. The maximum absolute atomic E-state index is 14.4. The standard InChI is InChI=1S/C29H39ClF2N4O4/c1-18(37)36-21-6-2-19(3-7-21)4-8-26(38)28(33)24-15-29(31,32)12-10-25(24)34-17-23-14-22(11-13-39-23)40-27-9-5-20(30)16-35-27/h5,9,16,19,21-23H,2-4,6-8,10-15,17,33H2,1H3,(H,36,37)/t19?,21?,22-,23-/m1/s1. The molecule has 0 bridgehead atoms. The van der Waals surface area contributed by atoms with E-state index in [1.165, 1.54) is 13.1 Å². The largest absolute Gasteiger partial charge is 0.474 e. The molecule has 1 aromatic rings. The number of alkyl halides is 2. The van der Waals surface area contributed by atoms with Gasteiger partial charge in [-0.1, -0.05) is 11.6 Å². The minimum Gasteiger partial charge on any atom is -0.474 e. The normalized spacial score (nSPS) is 29.1. The third kappa shape index (κ3) is 8.96. The van der Waals surface area contributed by atoms with Crippen molar-refractivity contribution in [1.82, 2.24) is 10.3 Å². The molecule has 2 aliphatic carbocycles. The fraction of sp³-hybridized carbons (Fsp3) is 0.655. The lowest BCUT2D eigenvalue weighted by Gasteiger charge is -2.30. The van der Waals surface area contributed by atoms with Gasteiger partial charge in [-0.2, -0.15) is 0 Å². The SMILES string of the molecule is CC(=O)NC1CCC(CCC(=O)C(N)=C2CC(F)(F)CCC2=NC[C@H]2C[C@H](Oc3ccc(Cl)cn3)CCO2)CC1. The fourth-order valence-electron chi connectivity index (χ4n) is 5.74. The molecule has 8 nitrogen and oxygen atoms in total.